The molecule has 0 amide bonds. The Morgan fingerprint density at radius 1 is 1.19 bits per heavy atom. The van der Waals surface area contributed by atoms with Crippen molar-refractivity contribution in [3.63, 3.8) is 0 Å². The molecule has 2 rings (SSSR count). The Morgan fingerprint density at radius 3 is 2.50 bits per heavy atom. The number of halogens is 2. The molecule has 0 radical (unpaired) electrons. The van der Waals surface area contributed by atoms with E-state index in [9.17, 15) is 9.18 Å². The molecule has 0 aliphatic rings. The quantitative estimate of drug-likeness (QED) is 0.749. The minimum atomic E-state index is -0.385. The zero-order chi connectivity index (χ0) is 11.5. The van der Waals surface area contributed by atoms with E-state index in [0.29, 0.717) is 5.56 Å². The zero-order valence-corrected chi connectivity index (χ0v) is 8.91. The highest BCUT2D eigenvalue weighted by atomic mass is 35.5. The van der Waals surface area contributed by atoms with E-state index in [1.165, 1.54) is 30.5 Å². The van der Waals surface area contributed by atoms with Crippen molar-refractivity contribution in [1.82, 2.24) is 4.98 Å². The van der Waals surface area contributed by atoms with Crippen molar-refractivity contribution in [1.29, 1.82) is 0 Å². The fourth-order valence-corrected chi connectivity index (χ4v) is 1.50. The summed E-state index contributed by atoms with van der Waals surface area (Å²) in [5.41, 5.74) is 0.540. The van der Waals surface area contributed by atoms with Crippen molar-refractivity contribution >= 4 is 17.4 Å². The summed E-state index contributed by atoms with van der Waals surface area (Å²) in [5, 5.41) is 0.289. The minimum absolute atomic E-state index is 0.177. The fourth-order valence-electron chi connectivity index (χ4n) is 1.29. The topological polar surface area (TPSA) is 30.0 Å². The number of nitrogens with zero attached hydrogens (tertiary/aromatic N) is 1. The number of carbonyl (C=O) groups is 1. The van der Waals surface area contributed by atoms with E-state index in [2.05, 4.69) is 4.98 Å². The average molecular weight is 236 g/mol. The van der Waals surface area contributed by atoms with Crippen LogP contribution in [0.15, 0.2) is 42.6 Å². The predicted molar refractivity (Wildman–Crippen MR) is 59.1 cm³/mol. The molecular weight excluding hydrogens is 229 g/mol. The van der Waals surface area contributed by atoms with Crippen molar-refractivity contribution in [2.75, 3.05) is 0 Å². The molecule has 0 spiro atoms. The average Bonchev–Trinajstić information content (AvgIpc) is 2.30. The summed E-state index contributed by atoms with van der Waals surface area (Å²) in [6, 6.07) is 8.49. The van der Waals surface area contributed by atoms with Crippen LogP contribution in [0.5, 0.6) is 0 Å². The lowest BCUT2D eigenvalue weighted by atomic mass is 10.1. The number of carbonyl (C=O) groups excluding carboxylic acids is 1. The first-order valence-corrected chi connectivity index (χ1v) is 4.97. The lowest BCUT2D eigenvalue weighted by Gasteiger charge is -2.01. The van der Waals surface area contributed by atoms with Crippen molar-refractivity contribution in [2.45, 2.75) is 0 Å². The van der Waals surface area contributed by atoms with E-state index in [1.807, 2.05) is 0 Å². The smallest absolute Gasteiger partial charge is 0.212 e. The van der Waals surface area contributed by atoms with Crippen molar-refractivity contribution in [3.8, 4) is 0 Å². The summed E-state index contributed by atoms with van der Waals surface area (Å²) >= 11 is 5.84. The highest BCUT2D eigenvalue weighted by Gasteiger charge is 2.13. The molecule has 16 heavy (non-hydrogen) atoms. The van der Waals surface area contributed by atoms with E-state index < -0.39 is 0 Å². The van der Waals surface area contributed by atoms with E-state index >= 15 is 0 Å². The third-order valence-corrected chi connectivity index (χ3v) is 2.38. The van der Waals surface area contributed by atoms with Gasteiger partial charge in [0.1, 0.15) is 11.5 Å². The van der Waals surface area contributed by atoms with Gasteiger partial charge in [-0.2, -0.15) is 0 Å². The molecule has 1 aromatic heterocycles. The Morgan fingerprint density at radius 2 is 1.88 bits per heavy atom. The number of aromatic nitrogens is 1. The molecule has 0 aliphatic carbocycles. The maximum Gasteiger partial charge on any atom is 0.212 e. The van der Waals surface area contributed by atoms with Crippen LogP contribution in [0, 0.1) is 5.82 Å². The summed E-state index contributed by atoms with van der Waals surface area (Å²) in [6.07, 6.45) is 1.49. The van der Waals surface area contributed by atoms with Crippen molar-refractivity contribution < 1.29 is 9.18 Å². The molecule has 0 aliphatic heterocycles. The van der Waals surface area contributed by atoms with Gasteiger partial charge in [-0.15, -0.1) is 0 Å². The summed E-state index contributed by atoms with van der Waals surface area (Å²) in [7, 11) is 0. The summed E-state index contributed by atoms with van der Waals surface area (Å²) in [5.74, 6) is -0.700. The van der Waals surface area contributed by atoms with Gasteiger partial charge in [0.2, 0.25) is 5.78 Å². The standard InChI is InChI=1S/C12H7ClFNO/c13-10-2-1-7-15-11(10)12(16)8-3-5-9(14)6-4-8/h1-7H. The van der Waals surface area contributed by atoms with Gasteiger partial charge in [-0.3, -0.25) is 9.78 Å². The van der Waals surface area contributed by atoms with Crippen molar-refractivity contribution in [2.24, 2.45) is 0 Å². The monoisotopic (exact) mass is 235 g/mol. The first-order valence-electron chi connectivity index (χ1n) is 4.59. The molecule has 0 atom stereocenters. The number of hydrogen-bond donors (Lipinski definition) is 0. The second-order valence-corrected chi connectivity index (χ2v) is 3.58. The molecule has 80 valence electrons. The van der Waals surface area contributed by atoms with Crippen LogP contribution < -0.4 is 0 Å². The molecular formula is C12H7ClFNO. The van der Waals surface area contributed by atoms with Crippen LogP contribution in [-0.4, -0.2) is 10.8 Å². The first-order chi connectivity index (χ1) is 7.68. The van der Waals surface area contributed by atoms with Crippen LogP contribution in [0.2, 0.25) is 5.02 Å². The molecule has 0 fully saturated rings. The lowest BCUT2D eigenvalue weighted by molar-refractivity contribution is 0.103. The maximum absolute atomic E-state index is 12.7. The molecule has 0 saturated carbocycles. The van der Waals surface area contributed by atoms with Gasteiger partial charge in [0.15, 0.2) is 0 Å². The Bertz CT molecular complexity index is 525. The molecule has 2 nitrogen and oxygen atoms in total. The fraction of sp³-hybridized carbons (Fsp3) is 0. The van der Waals surface area contributed by atoms with Crippen LogP contribution in [0.4, 0.5) is 4.39 Å². The van der Waals surface area contributed by atoms with Gasteiger partial charge >= 0.3 is 0 Å². The molecule has 0 bridgehead atoms. The molecule has 0 unspecified atom stereocenters. The van der Waals surface area contributed by atoms with Crippen molar-refractivity contribution in [3.05, 3.63) is 64.7 Å². The van der Waals surface area contributed by atoms with E-state index in [1.54, 1.807) is 12.1 Å². The van der Waals surface area contributed by atoms with Crippen LogP contribution in [0.1, 0.15) is 16.1 Å². The Balaban J connectivity index is 2.40. The predicted octanol–water partition coefficient (Wildman–Crippen LogP) is 3.11. The normalized spacial score (nSPS) is 10.1. The second kappa shape index (κ2) is 4.41. The number of rotatable bonds is 2. The van der Waals surface area contributed by atoms with Crippen LogP contribution in [0.3, 0.4) is 0 Å². The summed E-state index contributed by atoms with van der Waals surface area (Å²) in [6.45, 7) is 0. The molecule has 0 N–H and O–H groups in total. The van der Waals surface area contributed by atoms with E-state index in [4.69, 9.17) is 11.6 Å². The van der Waals surface area contributed by atoms with Gasteiger partial charge in [0, 0.05) is 11.8 Å². The van der Waals surface area contributed by atoms with Crippen LogP contribution >= 0.6 is 11.6 Å². The van der Waals surface area contributed by atoms with Gasteiger partial charge in [0.05, 0.1) is 5.02 Å². The Hall–Kier alpha value is -1.74. The number of ketones is 1. The summed E-state index contributed by atoms with van der Waals surface area (Å²) < 4.78 is 12.7. The minimum Gasteiger partial charge on any atom is -0.287 e. The van der Waals surface area contributed by atoms with E-state index in [-0.39, 0.29) is 22.3 Å². The number of hydrogen-bond acceptors (Lipinski definition) is 2. The third kappa shape index (κ3) is 2.09. The third-order valence-electron chi connectivity index (χ3n) is 2.08. The van der Waals surface area contributed by atoms with Gasteiger partial charge in [-0.25, -0.2) is 4.39 Å². The first kappa shape index (κ1) is 10.8. The van der Waals surface area contributed by atoms with Crippen LogP contribution in [0.25, 0.3) is 0 Å². The molecule has 1 heterocycles. The van der Waals surface area contributed by atoms with Gasteiger partial charge in [-0.05, 0) is 36.4 Å². The number of benzene rings is 1. The Labute approximate surface area is 96.7 Å². The maximum atomic E-state index is 12.7. The number of pyridine rings is 1. The van der Waals surface area contributed by atoms with Gasteiger partial charge in [0.25, 0.3) is 0 Å². The highest BCUT2D eigenvalue weighted by Crippen LogP contribution is 2.16. The van der Waals surface area contributed by atoms with Crippen LogP contribution in [-0.2, 0) is 0 Å². The van der Waals surface area contributed by atoms with Gasteiger partial charge in [-0.1, -0.05) is 11.6 Å². The highest BCUT2D eigenvalue weighted by molar-refractivity contribution is 6.34. The molecule has 1 aromatic carbocycles. The molecule has 4 heteroatoms. The summed E-state index contributed by atoms with van der Waals surface area (Å²) in [4.78, 5) is 15.8. The Kier molecular flexibility index (Phi) is 2.97. The van der Waals surface area contributed by atoms with E-state index in [0.717, 1.165) is 0 Å². The molecule has 0 saturated heterocycles. The lowest BCUT2D eigenvalue weighted by Crippen LogP contribution is -2.04. The van der Waals surface area contributed by atoms with Gasteiger partial charge < -0.3 is 0 Å². The molecule has 2 aromatic rings. The largest absolute Gasteiger partial charge is 0.287 e. The second-order valence-electron chi connectivity index (χ2n) is 3.17. The zero-order valence-electron chi connectivity index (χ0n) is 8.15. The SMILES string of the molecule is O=C(c1ccc(F)cc1)c1ncccc1Cl.